The average Bonchev–Trinajstić information content (AvgIpc) is 3.80. The van der Waals surface area contributed by atoms with Crippen molar-refractivity contribution < 1.29 is 28.8 Å². The summed E-state index contributed by atoms with van der Waals surface area (Å²) in [6.45, 7) is 4.14. The van der Waals surface area contributed by atoms with Gasteiger partial charge in [-0.25, -0.2) is 9.59 Å². The van der Waals surface area contributed by atoms with Gasteiger partial charge in [0.1, 0.15) is 0 Å². The van der Waals surface area contributed by atoms with Gasteiger partial charge in [-0.3, -0.25) is 0 Å². The SMILES string of the molecule is CN1CC=C(c2noc(C3CC3)n2)CC1.CN1CC=C(c2noc(C3CC3)n2)CC1.O=C(O)C(=O)O. The van der Waals surface area contributed by atoms with Crippen molar-refractivity contribution in [2.45, 2.75) is 50.4 Å². The van der Waals surface area contributed by atoms with Crippen molar-refractivity contribution in [1.29, 1.82) is 0 Å². The quantitative estimate of drug-likeness (QED) is 0.591. The first kappa shape index (κ1) is 25.7. The highest BCUT2D eigenvalue weighted by Gasteiger charge is 2.31. The summed E-state index contributed by atoms with van der Waals surface area (Å²) in [4.78, 5) is 31.7. The van der Waals surface area contributed by atoms with E-state index in [2.05, 4.69) is 56.3 Å². The summed E-state index contributed by atoms with van der Waals surface area (Å²) in [6, 6.07) is 0. The Morgan fingerprint density at radius 1 is 0.778 bits per heavy atom. The Labute approximate surface area is 208 Å². The van der Waals surface area contributed by atoms with Crippen molar-refractivity contribution in [1.82, 2.24) is 30.1 Å². The van der Waals surface area contributed by atoms with Crippen LogP contribution in [0.15, 0.2) is 21.2 Å². The number of carboxylic acids is 2. The summed E-state index contributed by atoms with van der Waals surface area (Å²) in [5.41, 5.74) is 2.48. The van der Waals surface area contributed by atoms with Crippen LogP contribution in [0.3, 0.4) is 0 Å². The minimum atomic E-state index is -1.82. The zero-order valence-electron chi connectivity index (χ0n) is 20.6. The maximum atomic E-state index is 9.10. The van der Waals surface area contributed by atoms with Crippen LogP contribution in [-0.4, -0.2) is 92.5 Å². The average molecular weight is 501 g/mol. The van der Waals surface area contributed by atoms with Crippen LogP contribution in [0.25, 0.3) is 11.1 Å². The Bertz CT molecular complexity index is 1040. The smallest absolute Gasteiger partial charge is 0.414 e. The zero-order chi connectivity index (χ0) is 25.7. The number of aromatic nitrogens is 4. The highest BCUT2D eigenvalue weighted by molar-refractivity contribution is 6.27. The van der Waals surface area contributed by atoms with E-state index in [1.165, 1.54) is 36.8 Å². The molecular formula is C24H32N6O6. The van der Waals surface area contributed by atoms with E-state index in [0.29, 0.717) is 11.8 Å². The van der Waals surface area contributed by atoms with Gasteiger partial charge < -0.3 is 29.1 Å². The third kappa shape index (κ3) is 7.31. The normalized spacial score (nSPS) is 20.3. The predicted octanol–water partition coefficient (Wildman–Crippen LogP) is 2.49. The zero-order valence-corrected chi connectivity index (χ0v) is 20.6. The van der Waals surface area contributed by atoms with E-state index in [-0.39, 0.29) is 0 Å². The van der Waals surface area contributed by atoms with Crippen LogP contribution in [0.5, 0.6) is 0 Å². The van der Waals surface area contributed by atoms with Crippen molar-refractivity contribution in [2.24, 2.45) is 0 Å². The molecule has 2 aromatic heterocycles. The molecule has 4 heterocycles. The molecule has 2 fully saturated rings. The van der Waals surface area contributed by atoms with Crippen molar-refractivity contribution in [3.63, 3.8) is 0 Å². The molecule has 0 aromatic carbocycles. The van der Waals surface area contributed by atoms with E-state index >= 15 is 0 Å². The summed E-state index contributed by atoms with van der Waals surface area (Å²) in [5.74, 6) is 0.755. The fraction of sp³-hybridized carbons (Fsp3) is 0.583. The van der Waals surface area contributed by atoms with E-state index in [4.69, 9.17) is 28.8 Å². The maximum absolute atomic E-state index is 9.10. The lowest BCUT2D eigenvalue weighted by molar-refractivity contribution is -0.159. The molecule has 2 aromatic rings. The van der Waals surface area contributed by atoms with Crippen LogP contribution in [0.4, 0.5) is 0 Å². The van der Waals surface area contributed by atoms with Gasteiger partial charge in [-0.15, -0.1) is 0 Å². The van der Waals surface area contributed by atoms with Gasteiger partial charge in [-0.05, 0) is 63.8 Å². The molecule has 0 bridgehead atoms. The van der Waals surface area contributed by atoms with Crippen LogP contribution >= 0.6 is 0 Å². The number of rotatable bonds is 4. The number of aliphatic carboxylic acids is 2. The predicted molar refractivity (Wildman–Crippen MR) is 128 cm³/mol. The fourth-order valence-corrected chi connectivity index (χ4v) is 3.67. The van der Waals surface area contributed by atoms with E-state index in [1.54, 1.807) is 0 Å². The molecule has 6 rings (SSSR count). The molecule has 0 amide bonds. The summed E-state index contributed by atoms with van der Waals surface area (Å²) >= 11 is 0. The number of carbonyl (C=O) groups is 2. The van der Waals surface area contributed by atoms with Crippen LogP contribution in [0.2, 0.25) is 0 Å². The number of hydrogen-bond acceptors (Lipinski definition) is 10. The third-order valence-electron chi connectivity index (χ3n) is 6.32. The second-order valence-corrected chi connectivity index (χ2v) is 9.55. The van der Waals surface area contributed by atoms with E-state index in [0.717, 1.165) is 62.5 Å². The first-order valence-electron chi connectivity index (χ1n) is 12.2. The molecule has 0 spiro atoms. The molecule has 0 unspecified atom stereocenters. The molecule has 2 aliphatic heterocycles. The standard InChI is InChI=1S/2C11H15N3O.C2H2O4/c2*1-14-6-4-8(5-7-14)10-12-11(15-13-10)9-2-3-9;3-1(4)2(5)6/h2*4,9H,2-3,5-7H2,1H3;(H,3,4)(H,5,6). The summed E-state index contributed by atoms with van der Waals surface area (Å²) < 4.78 is 10.5. The van der Waals surface area contributed by atoms with Gasteiger partial charge in [0.2, 0.25) is 11.8 Å². The highest BCUT2D eigenvalue weighted by Crippen LogP contribution is 2.40. The number of nitrogens with zero attached hydrogens (tertiary/aromatic N) is 6. The lowest BCUT2D eigenvalue weighted by Crippen LogP contribution is -2.23. The van der Waals surface area contributed by atoms with Crippen LogP contribution in [-0.2, 0) is 9.59 Å². The van der Waals surface area contributed by atoms with Crippen molar-refractivity contribution in [3.8, 4) is 0 Å². The molecule has 12 heteroatoms. The largest absolute Gasteiger partial charge is 0.473 e. The highest BCUT2D eigenvalue weighted by atomic mass is 16.5. The van der Waals surface area contributed by atoms with Gasteiger partial charge in [0.25, 0.3) is 0 Å². The molecule has 194 valence electrons. The van der Waals surface area contributed by atoms with Crippen molar-refractivity contribution in [2.75, 3.05) is 40.3 Å². The minimum absolute atomic E-state index is 0.554. The summed E-state index contributed by atoms with van der Waals surface area (Å²) in [7, 11) is 4.25. The molecule has 0 radical (unpaired) electrons. The van der Waals surface area contributed by atoms with Crippen LogP contribution in [0, 0.1) is 0 Å². The second kappa shape index (κ2) is 11.6. The number of likely N-dealkylation sites (N-methyl/N-ethyl adjacent to an activating group) is 2. The Kier molecular flexibility index (Phi) is 8.26. The van der Waals surface area contributed by atoms with Crippen molar-refractivity contribution in [3.05, 3.63) is 35.6 Å². The Morgan fingerprint density at radius 3 is 1.44 bits per heavy atom. The lowest BCUT2D eigenvalue weighted by Gasteiger charge is -2.19. The van der Waals surface area contributed by atoms with E-state index < -0.39 is 11.9 Å². The molecule has 12 nitrogen and oxygen atoms in total. The summed E-state index contributed by atoms with van der Waals surface area (Å²) in [5, 5.41) is 22.9. The first-order valence-corrected chi connectivity index (χ1v) is 12.2. The van der Waals surface area contributed by atoms with Gasteiger partial charge in [0.05, 0.1) is 0 Å². The van der Waals surface area contributed by atoms with Gasteiger partial charge in [0.15, 0.2) is 11.6 Å². The van der Waals surface area contributed by atoms with Gasteiger partial charge in [-0.1, -0.05) is 22.5 Å². The molecule has 36 heavy (non-hydrogen) atoms. The van der Waals surface area contributed by atoms with Crippen LogP contribution < -0.4 is 0 Å². The molecule has 2 aliphatic carbocycles. The second-order valence-electron chi connectivity index (χ2n) is 9.55. The molecule has 2 saturated carbocycles. The van der Waals surface area contributed by atoms with Gasteiger partial charge in [-0.2, -0.15) is 9.97 Å². The Hall–Kier alpha value is -3.38. The molecular weight excluding hydrogens is 468 g/mol. The Balaban J connectivity index is 0.000000139. The molecule has 4 aliphatic rings. The third-order valence-corrected chi connectivity index (χ3v) is 6.32. The van der Waals surface area contributed by atoms with Gasteiger partial charge in [0, 0.05) is 38.0 Å². The van der Waals surface area contributed by atoms with E-state index in [9.17, 15) is 0 Å². The first-order chi connectivity index (χ1) is 17.3. The monoisotopic (exact) mass is 500 g/mol. The molecule has 2 N–H and O–H groups in total. The van der Waals surface area contributed by atoms with Crippen LogP contribution in [0.1, 0.15) is 73.8 Å². The fourth-order valence-electron chi connectivity index (χ4n) is 3.67. The maximum Gasteiger partial charge on any atom is 0.414 e. The number of carboxylic acid groups (broad SMARTS) is 2. The molecule has 0 saturated heterocycles. The van der Waals surface area contributed by atoms with Gasteiger partial charge >= 0.3 is 11.9 Å². The molecule has 0 atom stereocenters. The number of hydrogen-bond donors (Lipinski definition) is 2. The summed E-state index contributed by atoms with van der Waals surface area (Å²) in [6.07, 6.45) is 11.3. The topological polar surface area (TPSA) is 159 Å². The Morgan fingerprint density at radius 2 is 1.17 bits per heavy atom. The lowest BCUT2D eigenvalue weighted by atomic mass is 10.1. The van der Waals surface area contributed by atoms with E-state index in [1.807, 2.05) is 0 Å². The minimum Gasteiger partial charge on any atom is -0.473 e. The van der Waals surface area contributed by atoms with Crippen molar-refractivity contribution >= 4 is 23.1 Å².